The van der Waals surface area contributed by atoms with Gasteiger partial charge in [0.1, 0.15) is 5.69 Å². The number of amides is 1. The summed E-state index contributed by atoms with van der Waals surface area (Å²) in [5.74, 6) is 0.0421. The van der Waals surface area contributed by atoms with Gasteiger partial charge in [0.2, 0.25) is 0 Å². The first-order valence-electron chi connectivity index (χ1n) is 10.3. The van der Waals surface area contributed by atoms with Gasteiger partial charge < -0.3 is 15.5 Å². The van der Waals surface area contributed by atoms with Crippen molar-refractivity contribution in [3.63, 3.8) is 0 Å². The highest BCUT2D eigenvalue weighted by Gasteiger charge is 2.26. The third-order valence-corrected chi connectivity index (χ3v) is 6.80. The van der Waals surface area contributed by atoms with Crippen molar-refractivity contribution in [2.75, 3.05) is 5.32 Å². The van der Waals surface area contributed by atoms with E-state index in [4.69, 9.17) is 4.98 Å². The zero-order valence-corrected chi connectivity index (χ0v) is 18.3. The molecule has 0 atom stereocenters. The fraction of sp³-hybridized carbons (Fsp3) is 0.435. The maximum Gasteiger partial charge on any atom is 0.274 e. The predicted molar refractivity (Wildman–Crippen MR) is 119 cm³/mol. The number of nitrogens with zero attached hydrogens (tertiary/aromatic N) is 2. The van der Waals surface area contributed by atoms with Crippen LogP contribution in [0.25, 0.3) is 10.2 Å². The number of carbonyl (C=O) groups is 1. The summed E-state index contributed by atoms with van der Waals surface area (Å²) in [4.78, 5) is 21.9. The Hall–Kier alpha value is -2.35. The summed E-state index contributed by atoms with van der Waals surface area (Å²) in [6, 6.07) is 9.08. The normalized spacial score (nSPS) is 19.8. The summed E-state index contributed by atoms with van der Waals surface area (Å²) in [6.45, 7) is 5.24. The zero-order valence-electron chi connectivity index (χ0n) is 17.5. The van der Waals surface area contributed by atoms with Crippen LogP contribution in [0.2, 0.25) is 0 Å². The zero-order chi connectivity index (χ0) is 21.5. The molecule has 3 N–H and O–H groups in total. The van der Waals surface area contributed by atoms with Crippen molar-refractivity contribution in [3.8, 4) is 0 Å². The molecule has 1 amide bonds. The lowest BCUT2D eigenvalue weighted by molar-refractivity contribution is 0.0793. The lowest BCUT2D eigenvalue weighted by atomic mass is 9.88. The van der Waals surface area contributed by atoms with Crippen LogP contribution in [-0.4, -0.2) is 32.2 Å². The van der Waals surface area contributed by atoms with Gasteiger partial charge in [-0.25, -0.2) is 9.97 Å². The fourth-order valence-electron chi connectivity index (χ4n) is 3.95. The molecule has 1 aromatic carbocycles. The van der Waals surface area contributed by atoms with Gasteiger partial charge in [-0.3, -0.25) is 4.79 Å². The Morgan fingerprint density at radius 2 is 1.90 bits per heavy atom. The van der Waals surface area contributed by atoms with E-state index >= 15 is 0 Å². The van der Waals surface area contributed by atoms with E-state index in [-0.39, 0.29) is 12.0 Å². The summed E-state index contributed by atoms with van der Waals surface area (Å²) < 4.78 is 0.969. The van der Waals surface area contributed by atoms with Gasteiger partial charge in [0.25, 0.3) is 5.91 Å². The van der Waals surface area contributed by atoms with Crippen LogP contribution in [0.3, 0.4) is 0 Å². The van der Waals surface area contributed by atoms with Crippen molar-refractivity contribution in [3.05, 3.63) is 52.3 Å². The summed E-state index contributed by atoms with van der Waals surface area (Å²) in [5.41, 5.74) is 1.97. The average molecular weight is 426 g/mol. The molecule has 1 aliphatic rings. The summed E-state index contributed by atoms with van der Waals surface area (Å²) >= 11 is 1.62. The van der Waals surface area contributed by atoms with E-state index in [1.807, 2.05) is 25.1 Å². The predicted octanol–water partition coefficient (Wildman–Crippen LogP) is 4.50. The second kappa shape index (κ2) is 8.06. The smallest absolute Gasteiger partial charge is 0.274 e. The molecule has 1 aliphatic carbocycles. The quantitative estimate of drug-likeness (QED) is 0.572. The van der Waals surface area contributed by atoms with Crippen LogP contribution in [0, 0.1) is 6.92 Å². The third-order valence-electron chi connectivity index (χ3n) is 5.62. The molecule has 7 heteroatoms. The molecule has 30 heavy (non-hydrogen) atoms. The molecular formula is C23H27N3O3S. The molecule has 6 nitrogen and oxygen atoms in total. The van der Waals surface area contributed by atoms with Gasteiger partial charge in [-0.1, -0.05) is 6.07 Å². The number of aromatic nitrogens is 2. The van der Waals surface area contributed by atoms with Crippen LogP contribution < -0.4 is 5.32 Å². The number of thiazole rings is 1. The van der Waals surface area contributed by atoms with E-state index in [0.717, 1.165) is 46.6 Å². The Labute approximate surface area is 180 Å². The first-order chi connectivity index (χ1) is 14.2. The van der Waals surface area contributed by atoms with Gasteiger partial charge in [-0.2, -0.15) is 0 Å². The third kappa shape index (κ3) is 4.38. The van der Waals surface area contributed by atoms with Crippen LogP contribution >= 0.6 is 11.3 Å². The number of benzene rings is 1. The highest BCUT2D eigenvalue weighted by molar-refractivity contribution is 7.18. The maximum atomic E-state index is 12.8. The van der Waals surface area contributed by atoms with Gasteiger partial charge >= 0.3 is 0 Å². The molecule has 1 saturated carbocycles. The molecule has 1 fully saturated rings. The van der Waals surface area contributed by atoms with Crippen LogP contribution in [-0.2, 0) is 5.60 Å². The van der Waals surface area contributed by atoms with Crippen LogP contribution in [0.5, 0.6) is 0 Å². The van der Waals surface area contributed by atoms with Gasteiger partial charge in [0.05, 0.1) is 26.9 Å². The molecule has 3 aromatic rings. The van der Waals surface area contributed by atoms with E-state index in [0.29, 0.717) is 22.9 Å². The van der Waals surface area contributed by atoms with Crippen LogP contribution in [0.1, 0.15) is 72.2 Å². The van der Waals surface area contributed by atoms with Gasteiger partial charge in [0, 0.05) is 22.9 Å². The van der Waals surface area contributed by atoms with Crippen molar-refractivity contribution in [1.82, 2.24) is 9.97 Å². The molecule has 0 saturated heterocycles. The second-order valence-electron chi connectivity index (χ2n) is 8.60. The lowest BCUT2D eigenvalue weighted by Gasteiger charge is -2.23. The molecule has 0 radical (unpaired) electrons. The number of nitrogens with one attached hydrogen (secondary N) is 1. The van der Waals surface area contributed by atoms with Crippen LogP contribution in [0.4, 0.5) is 5.69 Å². The lowest BCUT2D eigenvalue weighted by Crippen LogP contribution is -2.21. The molecule has 0 aliphatic heterocycles. The fourth-order valence-corrected chi connectivity index (χ4v) is 5.11. The number of hydrogen-bond acceptors (Lipinski definition) is 6. The van der Waals surface area contributed by atoms with Gasteiger partial charge in [-0.05, 0) is 70.7 Å². The van der Waals surface area contributed by atoms with E-state index in [1.54, 1.807) is 37.3 Å². The standard InChI is InChI=1S/C23H27N3O3S/c1-13-5-4-6-17(24-13)21(28)25-18-12-20-19(11-16(18)23(2,3)29)26-22(30-20)14-7-9-15(27)10-8-14/h4-6,11-12,14-15,27,29H,7-10H2,1-3H3,(H,25,28). The SMILES string of the molecule is Cc1cccc(C(=O)Nc2cc3sc(C4CCC(O)CC4)nc3cc2C(C)(C)O)n1. The van der Waals surface area contributed by atoms with Crippen molar-refractivity contribution in [2.45, 2.75) is 64.1 Å². The van der Waals surface area contributed by atoms with E-state index in [9.17, 15) is 15.0 Å². The Balaban J connectivity index is 1.69. The van der Waals surface area contributed by atoms with E-state index in [2.05, 4.69) is 10.3 Å². The van der Waals surface area contributed by atoms with Gasteiger partial charge in [0.15, 0.2) is 0 Å². The van der Waals surface area contributed by atoms with Gasteiger partial charge in [-0.15, -0.1) is 11.3 Å². The minimum absolute atomic E-state index is 0.200. The highest BCUT2D eigenvalue weighted by atomic mass is 32.1. The summed E-state index contributed by atoms with van der Waals surface area (Å²) in [7, 11) is 0. The second-order valence-corrected chi connectivity index (χ2v) is 9.66. The number of fused-ring (bicyclic) bond motifs is 1. The Morgan fingerprint density at radius 3 is 2.57 bits per heavy atom. The first kappa shape index (κ1) is 20.9. The molecule has 0 unspecified atom stereocenters. The number of aliphatic hydroxyl groups is 2. The monoisotopic (exact) mass is 425 g/mol. The molecule has 158 valence electrons. The Morgan fingerprint density at radius 1 is 1.17 bits per heavy atom. The van der Waals surface area contributed by atoms with Crippen molar-refractivity contribution < 1.29 is 15.0 Å². The average Bonchev–Trinajstić information content (AvgIpc) is 3.10. The largest absolute Gasteiger partial charge is 0.393 e. The number of anilines is 1. The molecule has 2 heterocycles. The van der Waals surface area contributed by atoms with E-state index < -0.39 is 5.60 Å². The molecule has 4 rings (SSSR count). The number of pyridine rings is 1. The maximum absolute atomic E-state index is 12.8. The number of rotatable bonds is 4. The minimum atomic E-state index is -1.14. The van der Waals surface area contributed by atoms with E-state index in [1.165, 1.54) is 0 Å². The van der Waals surface area contributed by atoms with Crippen molar-refractivity contribution in [1.29, 1.82) is 0 Å². The molecular weight excluding hydrogens is 398 g/mol. The Bertz CT molecular complexity index is 1080. The number of aliphatic hydroxyl groups excluding tert-OH is 1. The Kier molecular flexibility index (Phi) is 5.61. The van der Waals surface area contributed by atoms with Crippen LogP contribution in [0.15, 0.2) is 30.3 Å². The number of hydrogen-bond donors (Lipinski definition) is 3. The highest BCUT2D eigenvalue weighted by Crippen LogP contribution is 2.40. The summed E-state index contributed by atoms with van der Waals surface area (Å²) in [5, 5.41) is 24.5. The molecule has 2 aromatic heterocycles. The number of aryl methyl sites for hydroxylation is 1. The molecule has 0 spiro atoms. The first-order valence-corrected chi connectivity index (χ1v) is 11.1. The van der Waals surface area contributed by atoms with Crippen molar-refractivity contribution in [2.24, 2.45) is 0 Å². The van der Waals surface area contributed by atoms with Crippen molar-refractivity contribution >= 4 is 33.1 Å². The topological polar surface area (TPSA) is 95.3 Å². The molecule has 0 bridgehead atoms. The summed E-state index contributed by atoms with van der Waals surface area (Å²) in [6.07, 6.45) is 3.28. The number of carbonyl (C=O) groups excluding carboxylic acids is 1. The minimum Gasteiger partial charge on any atom is -0.393 e.